The van der Waals surface area contributed by atoms with Crippen LogP contribution < -0.4 is 5.73 Å². The Kier molecular flexibility index (Phi) is 7.73. The van der Waals surface area contributed by atoms with E-state index in [9.17, 15) is 13.6 Å². The Morgan fingerprint density at radius 3 is 2.53 bits per heavy atom. The van der Waals surface area contributed by atoms with Crippen molar-refractivity contribution in [2.45, 2.75) is 38.2 Å². The van der Waals surface area contributed by atoms with Crippen LogP contribution in [0.3, 0.4) is 0 Å². The Morgan fingerprint density at radius 1 is 1.41 bits per heavy atom. The van der Waals surface area contributed by atoms with Crippen LogP contribution in [0.25, 0.3) is 0 Å². The van der Waals surface area contributed by atoms with Gasteiger partial charge in [0.05, 0.1) is 19.8 Å². The average molecular weight is 255 g/mol. The van der Waals surface area contributed by atoms with Crippen molar-refractivity contribution in [3.05, 3.63) is 0 Å². The molecule has 0 aromatic heterocycles. The van der Waals surface area contributed by atoms with Gasteiger partial charge in [0.15, 0.2) is 0 Å². The summed E-state index contributed by atoms with van der Waals surface area (Å²) in [5.41, 5.74) is 4.83. The topological polar surface area (TPSA) is 81.8 Å². The number of ether oxygens (including phenoxy) is 2. The van der Waals surface area contributed by atoms with Gasteiger partial charge in [-0.05, 0) is 13.3 Å². The molecular weight excluding hydrogens is 236 g/mol. The van der Waals surface area contributed by atoms with E-state index in [-0.39, 0.29) is 39.1 Å². The number of hydrogen-bond acceptors (Lipinski definition) is 4. The number of nitrogens with two attached hydrogens (primary N) is 1. The van der Waals surface area contributed by atoms with Gasteiger partial charge in [-0.1, -0.05) is 0 Å². The summed E-state index contributed by atoms with van der Waals surface area (Å²) in [5, 5.41) is 8.46. The number of hydrogen-bond donors (Lipinski definition) is 2. The van der Waals surface area contributed by atoms with Crippen LogP contribution in [0.1, 0.15) is 26.2 Å². The zero-order valence-corrected chi connectivity index (χ0v) is 9.83. The number of halogens is 2. The highest BCUT2D eigenvalue weighted by Gasteiger charge is 2.24. The first-order chi connectivity index (χ1) is 7.85. The fourth-order valence-electron chi connectivity index (χ4n) is 1.22. The molecule has 102 valence electrons. The van der Waals surface area contributed by atoms with Crippen molar-refractivity contribution in [3.63, 3.8) is 0 Å². The molecule has 0 fully saturated rings. The molecule has 1 amide bonds. The van der Waals surface area contributed by atoms with Crippen molar-refractivity contribution >= 4 is 6.09 Å². The van der Waals surface area contributed by atoms with Gasteiger partial charge in [0.25, 0.3) is 0 Å². The molecule has 5 nitrogen and oxygen atoms in total. The van der Waals surface area contributed by atoms with Gasteiger partial charge in [-0.25, -0.2) is 13.6 Å². The minimum Gasteiger partial charge on any atom is -0.446 e. The Hall–Kier alpha value is -0.950. The molecule has 0 rings (SSSR count). The number of carbonyl (C=O) groups is 1. The Bertz CT molecular complexity index is 221. The molecule has 0 saturated carbocycles. The van der Waals surface area contributed by atoms with Crippen LogP contribution in [0.5, 0.6) is 0 Å². The minimum absolute atomic E-state index is 0.0227. The maximum Gasteiger partial charge on any atom is 0.404 e. The summed E-state index contributed by atoms with van der Waals surface area (Å²) in [6.45, 7) is 1.06. The van der Waals surface area contributed by atoms with Gasteiger partial charge >= 0.3 is 6.09 Å². The van der Waals surface area contributed by atoms with Gasteiger partial charge in [-0.15, -0.1) is 0 Å². The van der Waals surface area contributed by atoms with E-state index >= 15 is 0 Å². The summed E-state index contributed by atoms with van der Waals surface area (Å²) in [5.74, 6) is -2.80. The van der Waals surface area contributed by atoms with Crippen molar-refractivity contribution in [2.75, 3.05) is 19.8 Å². The molecule has 17 heavy (non-hydrogen) atoms. The number of aliphatic hydroxyl groups excluding tert-OH is 1. The zero-order chi connectivity index (χ0) is 13.3. The third kappa shape index (κ3) is 11.3. The molecule has 3 N–H and O–H groups in total. The Labute approximate surface area is 98.9 Å². The molecule has 0 bridgehead atoms. The third-order valence-electron chi connectivity index (χ3n) is 2.01. The molecule has 0 aliphatic carbocycles. The van der Waals surface area contributed by atoms with E-state index in [2.05, 4.69) is 4.74 Å². The number of amides is 1. The van der Waals surface area contributed by atoms with E-state index in [1.54, 1.807) is 0 Å². The zero-order valence-electron chi connectivity index (χ0n) is 9.83. The molecular formula is C10H19F2NO4. The molecule has 0 radical (unpaired) electrons. The first-order valence-electron chi connectivity index (χ1n) is 5.37. The molecule has 0 spiro atoms. The second kappa shape index (κ2) is 8.19. The molecule has 0 aromatic rings. The van der Waals surface area contributed by atoms with E-state index in [0.717, 1.165) is 6.92 Å². The molecule has 0 aromatic carbocycles. The summed E-state index contributed by atoms with van der Waals surface area (Å²) in [7, 11) is 0. The summed E-state index contributed by atoms with van der Waals surface area (Å²) in [6, 6.07) is 0. The van der Waals surface area contributed by atoms with E-state index in [1.807, 2.05) is 0 Å². The molecule has 7 heteroatoms. The highest BCUT2D eigenvalue weighted by Crippen LogP contribution is 2.21. The SMILES string of the molecule is CC(F)(F)CCC(CCOCCO)OC(N)=O. The molecule has 1 unspecified atom stereocenters. The lowest BCUT2D eigenvalue weighted by Gasteiger charge is -2.18. The van der Waals surface area contributed by atoms with Crippen molar-refractivity contribution in [1.29, 1.82) is 0 Å². The molecule has 0 saturated heterocycles. The summed E-state index contributed by atoms with van der Waals surface area (Å²) < 4.78 is 34.9. The van der Waals surface area contributed by atoms with Crippen molar-refractivity contribution < 1.29 is 28.2 Å². The standard InChI is InChI=1S/C10H19F2NO4/c1-10(11,12)4-2-8(17-9(13)15)3-6-16-7-5-14/h8,14H,2-7H2,1H3,(H2,13,15). The highest BCUT2D eigenvalue weighted by atomic mass is 19.3. The smallest absolute Gasteiger partial charge is 0.404 e. The lowest BCUT2D eigenvalue weighted by molar-refractivity contribution is -0.0105. The van der Waals surface area contributed by atoms with Crippen LogP contribution in [0, 0.1) is 0 Å². The van der Waals surface area contributed by atoms with Gasteiger partial charge in [0.1, 0.15) is 6.10 Å². The summed E-state index contributed by atoms with van der Waals surface area (Å²) in [4.78, 5) is 10.6. The number of primary amides is 1. The van der Waals surface area contributed by atoms with Gasteiger partial charge in [-0.3, -0.25) is 0 Å². The third-order valence-corrected chi connectivity index (χ3v) is 2.01. The fourth-order valence-corrected chi connectivity index (χ4v) is 1.22. The van der Waals surface area contributed by atoms with Gasteiger partial charge in [0, 0.05) is 12.8 Å². The van der Waals surface area contributed by atoms with Crippen LogP contribution in [0.4, 0.5) is 13.6 Å². The summed E-state index contributed by atoms with van der Waals surface area (Å²) in [6.07, 6.45) is -1.76. The maximum absolute atomic E-state index is 12.6. The van der Waals surface area contributed by atoms with E-state index in [1.165, 1.54) is 0 Å². The second-order valence-electron chi connectivity index (χ2n) is 3.79. The van der Waals surface area contributed by atoms with Crippen molar-refractivity contribution in [1.82, 2.24) is 0 Å². The van der Waals surface area contributed by atoms with E-state index in [0.29, 0.717) is 0 Å². The van der Waals surface area contributed by atoms with Crippen LogP contribution in [-0.2, 0) is 9.47 Å². The maximum atomic E-state index is 12.6. The summed E-state index contributed by atoms with van der Waals surface area (Å²) >= 11 is 0. The number of alkyl halides is 2. The molecule has 1 atom stereocenters. The fraction of sp³-hybridized carbons (Fsp3) is 0.900. The van der Waals surface area contributed by atoms with Crippen molar-refractivity contribution in [2.24, 2.45) is 5.73 Å². The van der Waals surface area contributed by atoms with Gasteiger partial charge < -0.3 is 20.3 Å². The second-order valence-corrected chi connectivity index (χ2v) is 3.79. The van der Waals surface area contributed by atoms with E-state index in [4.69, 9.17) is 15.6 Å². The lowest BCUT2D eigenvalue weighted by atomic mass is 10.1. The molecule has 0 aliphatic heterocycles. The average Bonchev–Trinajstić information content (AvgIpc) is 2.18. The van der Waals surface area contributed by atoms with Crippen LogP contribution >= 0.6 is 0 Å². The monoisotopic (exact) mass is 255 g/mol. The lowest BCUT2D eigenvalue weighted by Crippen LogP contribution is -2.26. The van der Waals surface area contributed by atoms with E-state index < -0.39 is 18.1 Å². The van der Waals surface area contributed by atoms with Crippen LogP contribution in [0.15, 0.2) is 0 Å². The Balaban J connectivity index is 3.92. The largest absolute Gasteiger partial charge is 0.446 e. The van der Waals surface area contributed by atoms with Gasteiger partial charge in [-0.2, -0.15) is 0 Å². The number of rotatable bonds is 9. The van der Waals surface area contributed by atoms with Crippen LogP contribution in [0.2, 0.25) is 0 Å². The minimum atomic E-state index is -2.80. The highest BCUT2D eigenvalue weighted by molar-refractivity contribution is 5.64. The first kappa shape index (κ1) is 16.1. The molecule has 0 aliphatic rings. The molecule has 0 heterocycles. The predicted molar refractivity (Wildman–Crippen MR) is 56.8 cm³/mol. The normalized spacial score (nSPS) is 13.4. The first-order valence-corrected chi connectivity index (χ1v) is 5.37. The van der Waals surface area contributed by atoms with Gasteiger partial charge in [0.2, 0.25) is 5.92 Å². The van der Waals surface area contributed by atoms with Crippen LogP contribution in [-0.4, -0.2) is 43.0 Å². The number of carbonyl (C=O) groups excluding carboxylic acids is 1. The van der Waals surface area contributed by atoms with Crippen molar-refractivity contribution in [3.8, 4) is 0 Å². The predicted octanol–water partition coefficient (Wildman–Crippen LogP) is 1.28. The Morgan fingerprint density at radius 2 is 2.06 bits per heavy atom. The number of aliphatic hydroxyl groups is 1. The quantitative estimate of drug-likeness (QED) is 0.608.